The Kier molecular flexibility index (Phi) is 11.3. The summed E-state index contributed by atoms with van der Waals surface area (Å²) < 4.78 is 5.38. The SMILES string of the molecule is CC[C@H]1CCC(=O)CC(=O)/C=C/c2cc(OC)c(O)cc2Cc2cnc(N)c(c2)[C@@H](C2(c3ccccc3)CCCCC2)SSC1. The van der Waals surface area contributed by atoms with Gasteiger partial charge in [-0.25, -0.2) is 4.98 Å². The summed E-state index contributed by atoms with van der Waals surface area (Å²) in [5.74, 6) is 1.94. The van der Waals surface area contributed by atoms with Crippen molar-refractivity contribution in [3.63, 3.8) is 0 Å². The third kappa shape index (κ3) is 7.95. The second kappa shape index (κ2) is 15.4. The topological polar surface area (TPSA) is 103 Å². The van der Waals surface area contributed by atoms with Crippen LogP contribution in [0.25, 0.3) is 6.08 Å². The normalized spacial score (nSPS) is 22.1. The monoisotopic (exact) mass is 644 g/mol. The predicted octanol–water partition coefficient (Wildman–Crippen LogP) is 8.65. The van der Waals surface area contributed by atoms with Gasteiger partial charge in [-0.15, -0.1) is 0 Å². The summed E-state index contributed by atoms with van der Waals surface area (Å²) in [5, 5.41) is 10.8. The molecule has 8 heteroatoms. The Labute approximate surface area is 275 Å². The van der Waals surface area contributed by atoms with Crippen LogP contribution in [0, 0.1) is 5.92 Å². The van der Waals surface area contributed by atoms with Crippen molar-refractivity contribution >= 4 is 45.0 Å². The second-order valence-corrected chi connectivity index (χ2v) is 14.9. The number of aromatic hydroxyl groups is 1. The number of Topliss-reactive ketones (excluding diaryl/α,β-unsaturated/α-hetero) is 1. The highest BCUT2D eigenvalue weighted by molar-refractivity contribution is 8.76. The van der Waals surface area contributed by atoms with E-state index in [0.717, 1.165) is 53.7 Å². The van der Waals surface area contributed by atoms with Crippen LogP contribution in [0.1, 0.15) is 97.8 Å². The van der Waals surface area contributed by atoms with Gasteiger partial charge in [-0.05, 0) is 78.1 Å². The van der Waals surface area contributed by atoms with Crippen molar-refractivity contribution in [2.75, 3.05) is 18.6 Å². The fourth-order valence-corrected chi connectivity index (χ4v) is 10.5. The summed E-state index contributed by atoms with van der Waals surface area (Å²) in [4.78, 5) is 30.3. The number of fused-ring (bicyclic) bond motifs is 3. The Morgan fingerprint density at radius 2 is 1.82 bits per heavy atom. The van der Waals surface area contributed by atoms with Crippen LogP contribution in [0.4, 0.5) is 5.82 Å². The van der Waals surface area contributed by atoms with Crippen LogP contribution in [-0.2, 0) is 21.4 Å². The predicted molar refractivity (Wildman–Crippen MR) is 187 cm³/mol. The Bertz CT molecular complexity index is 1520. The first-order chi connectivity index (χ1) is 21.8. The average Bonchev–Trinajstić information content (AvgIpc) is 3.05. The zero-order valence-electron chi connectivity index (χ0n) is 26.3. The summed E-state index contributed by atoms with van der Waals surface area (Å²) in [7, 11) is 5.28. The number of carbonyl (C=O) groups is 2. The number of allylic oxidation sites excluding steroid dienone is 1. The lowest BCUT2D eigenvalue weighted by molar-refractivity contribution is -0.124. The van der Waals surface area contributed by atoms with E-state index in [0.29, 0.717) is 30.3 Å². The van der Waals surface area contributed by atoms with E-state index in [1.54, 1.807) is 18.2 Å². The fraction of sp³-hybridized carbons (Fsp3) is 0.432. The molecule has 3 N–H and O–H groups in total. The van der Waals surface area contributed by atoms with Gasteiger partial charge in [0, 0.05) is 29.3 Å². The maximum Gasteiger partial charge on any atom is 0.163 e. The van der Waals surface area contributed by atoms with Gasteiger partial charge in [-0.2, -0.15) is 0 Å². The minimum atomic E-state index is -0.227. The van der Waals surface area contributed by atoms with Crippen molar-refractivity contribution < 1.29 is 19.4 Å². The van der Waals surface area contributed by atoms with Crippen LogP contribution >= 0.6 is 21.6 Å². The van der Waals surface area contributed by atoms with Crippen molar-refractivity contribution in [1.29, 1.82) is 0 Å². The van der Waals surface area contributed by atoms with E-state index >= 15 is 0 Å². The minimum Gasteiger partial charge on any atom is -0.504 e. The number of nitrogen functional groups attached to an aromatic ring is 1. The molecule has 1 aliphatic heterocycles. The van der Waals surface area contributed by atoms with E-state index in [-0.39, 0.29) is 34.4 Å². The molecule has 5 rings (SSSR count). The summed E-state index contributed by atoms with van der Waals surface area (Å²) >= 11 is 0. The van der Waals surface area contributed by atoms with E-state index < -0.39 is 0 Å². The molecule has 0 saturated heterocycles. The maximum absolute atomic E-state index is 12.8. The molecule has 0 radical (unpaired) electrons. The van der Waals surface area contributed by atoms with Gasteiger partial charge in [0.05, 0.1) is 18.8 Å². The standard InChI is InChI=1S/C37H44N2O4S2/c1-3-25-12-14-30(40)22-31(41)15-13-27-21-34(43-2)33(42)20-28(27)18-26-19-32(36(38)39-23-26)35(45-44-24-25)37(16-8-5-9-17-37)29-10-6-4-7-11-29/h4,6-7,10-11,13,15,19-21,23,25,35,42H,3,5,8-9,12,14,16-18,22,24H2,1-2H3,(H2,38,39)/b15-13+/t25-,35-/m0/s1. The van der Waals surface area contributed by atoms with Crippen LogP contribution in [0.5, 0.6) is 11.5 Å². The molecule has 6 nitrogen and oxygen atoms in total. The molecule has 0 amide bonds. The number of phenolic OH excluding ortho intramolecular Hbond substituents is 1. The molecule has 2 heterocycles. The highest BCUT2D eigenvalue weighted by Gasteiger charge is 2.43. The summed E-state index contributed by atoms with van der Waals surface area (Å²) in [6, 6.07) is 16.5. The number of phenols is 1. The minimum absolute atomic E-state index is 0.0254. The molecule has 238 valence electrons. The molecule has 0 spiro atoms. The fourth-order valence-electron chi connectivity index (χ4n) is 6.76. The lowest BCUT2D eigenvalue weighted by Gasteiger charge is -2.44. The Morgan fingerprint density at radius 1 is 1.04 bits per heavy atom. The number of carbonyl (C=O) groups excluding carboxylic acids is 2. The number of methoxy groups -OCH3 is 1. The molecule has 2 atom stereocenters. The van der Waals surface area contributed by atoms with Gasteiger partial charge in [-0.1, -0.05) is 90.6 Å². The van der Waals surface area contributed by atoms with Crippen molar-refractivity contribution in [3.8, 4) is 11.5 Å². The van der Waals surface area contributed by atoms with Crippen LogP contribution in [0.15, 0.2) is 60.8 Å². The van der Waals surface area contributed by atoms with Gasteiger partial charge in [0.2, 0.25) is 0 Å². The van der Waals surface area contributed by atoms with Crippen molar-refractivity contribution in [3.05, 3.63) is 88.6 Å². The Hall–Kier alpha value is -3.23. The van der Waals surface area contributed by atoms with E-state index in [4.69, 9.17) is 15.5 Å². The number of hydrogen-bond donors (Lipinski definition) is 2. The van der Waals surface area contributed by atoms with E-state index in [2.05, 4.69) is 43.3 Å². The zero-order chi connectivity index (χ0) is 31.8. The lowest BCUT2D eigenvalue weighted by Crippen LogP contribution is -2.35. The van der Waals surface area contributed by atoms with Gasteiger partial charge >= 0.3 is 0 Å². The van der Waals surface area contributed by atoms with Crippen molar-refractivity contribution in [2.45, 2.75) is 81.8 Å². The molecule has 1 fully saturated rings. The molecule has 2 bridgehead atoms. The third-order valence-corrected chi connectivity index (χ3v) is 12.5. The quantitative estimate of drug-likeness (QED) is 0.215. The second-order valence-electron chi connectivity index (χ2n) is 12.4. The number of ether oxygens (including phenoxy) is 1. The van der Waals surface area contributed by atoms with Crippen LogP contribution < -0.4 is 10.5 Å². The number of benzene rings is 2. The molecule has 3 aromatic rings. The van der Waals surface area contributed by atoms with Gasteiger partial charge in [0.1, 0.15) is 11.6 Å². The lowest BCUT2D eigenvalue weighted by atomic mass is 9.65. The molecular weight excluding hydrogens is 601 g/mol. The number of anilines is 1. The van der Waals surface area contributed by atoms with Crippen LogP contribution in [0.2, 0.25) is 0 Å². The van der Waals surface area contributed by atoms with Crippen molar-refractivity contribution in [2.24, 2.45) is 5.92 Å². The summed E-state index contributed by atoms with van der Waals surface area (Å²) in [6.45, 7) is 2.18. The van der Waals surface area contributed by atoms with Gasteiger partial charge in [0.15, 0.2) is 17.3 Å². The number of ketones is 2. The smallest absolute Gasteiger partial charge is 0.163 e. The average molecular weight is 645 g/mol. The Morgan fingerprint density at radius 3 is 2.56 bits per heavy atom. The summed E-state index contributed by atoms with van der Waals surface area (Å²) in [6.07, 6.45) is 13.3. The van der Waals surface area contributed by atoms with E-state index in [1.165, 1.54) is 38.0 Å². The van der Waals surface area contributed by atoms with E-state index in [1.807, 2.05) is 27.8 Å². The van der Waals surface area contributed by atoms with Gasteiger partial charge in [0.25, 0.3) is 0 Å². The first kappa shape index (κ1) is 33.1. The highest BCUT2D eigenvalue weighted by Crippen LogP contribution is 2.58. The molecule has 2 aromatic carbocycles. The largest absolute Gasteiger partial charge is 0.504 e. The van der Waals surface area contributed by atoms with Crippen LogP contribution in [0.3, 0.4) is 0 Å². The number of pyridine rings is 1. The molecule has 0 unspecified atom stereocenters. The zero-order valence-corrected chi connectivity index (χ0v) is 27.9. The number of rotatable bonds is 4. The number of hydrogen-bond acceptors (Lipinski definition) is 8. The summed E-state index contributed by atoms with van der Waals surface area (Å²) in [5.41, 5.74) is 11.6. The molecule has 2 aliphatic rings. The highest BCUT2D eigenvalue weighted by atomic mass is 33.1. The number of nitrogens with zero attached hydrogens (tertiary/aromatic N) is 1. The van der Waals surface area contributed by atoms with Gasteiger partial charge in [-0.3, -0.25) is 9.59 Å². The molecule has 1 saturated carbocycles. The first-order valence-corrected chi connectivity index (χ1v) is 18.4. The van der Waals surface area contributed by atoms with Gasteiger partial charge < -0.3 is 15.6 Å². The first-order valence-electron chi connectivity index (χ1n) is 16.0. The Balaban J connectivity index is 1.63. The maximum atomic E-state index is 12.8. The molecule has 45 heavy (non-hydrogen) atoms. The molecule has 1 aromatic heterocycles. The number of nitrogens with two attached hydrogens (primary N) is 1. The molecular formula is C37H44N2O4S2. The van der Waals surface area contributed by atoms with Crippen LogP contribution in [-0.4, -0.2) is 34.5 Å². The molecule has 1 aliphatic carbocycles. The van der Waals surface area contributed by atoms with E-state index in [9.17, 15) is 14.7 Å². The number of aromatic nitrogens is 1. The third-order valence-electron chi connectivity index (χ3n) is 9.42. The van der Waals surface area contributed by atoms with Crippen molar-refractivity contribution in [1.82, 2.24) is 4.98 Å².